The van der Waals surface area contributed by atoms with Crippen molar-refractivity contribution in [1.29, 1.82) is 0 Å². The molecule has 2 aliphatic carbocycles. The zero-order chi connectivity index (χ0) is 17.8. The Hall–Kier alpha value is -1.82. The van der Waals surface area contributed by atoms with Gasteiger partial charge in [-0.25, -0.2) is 13.1 Å². The number of nitrogens with zero attached hydrogens (tertiary/aromatic N) is 1. The van der Waals surface area contributed by atoms with E-state index < -0.39 is 21.2 Å². The molecule has 6 heteroatoms. The van der Waals surface area contributed by atoms with Crippen LogP contribution in [0, 0.1) is 5.92 Å². The summed E-state index contributed by atoms with van der Waals surface area (Å²) >= 11 is 0. The predicted octanol–water partition coefficient (Wildman–Crippen LogP) is 3.30. The van der Waals surface area contributed by atoms with Crippen LogP contribution >= 0.6 is 0 Å². The number of nitrogens with one attached hydrogen (secondary N) is 1. The Morgan fingerprint density at radius 1 is 1.20 bits per heavy atom. The van der Waals surface area contributed by atoms with E-state index in [1.54, 1.807) is 12.1 Å². The monoisotopic (exact) mass is 360 g/mol. The fourth-order valence-corrected chi connectivity index (χ4v) is 5.32. The molecular formula is C19H24N2O3S. The molecule has 2 atom stereocenters. The van der Waals surface area contributed by atoms with Crippen molar-refractivity contribution < 1.29 is 13.2 Å². The Morgan fingerprint density at radius 3 is 2.60 bits per heavy atom. The average molecular weight is 360 g/mol. The van der Waals surface area contributed by atoms with E-state index in [-0.39, 0.29) is 0 Å². The van der Waals surface area contributed by atoms with Gasteiger partial charge in [-0.15, -0.1) is 0 Å². The van der Waals surface area contributed by atoms with Crippen LogP contribution in [0.3, 0.4) is 0 Å². The van der Waals surface area contributed by atoms with Crippen molar-refractivity contribution in [2.24, 2.45) is 13.0 Å². The minimum atomic E-state index is -3.52. The Labute approximate surface area is 148 Å². The van der Waals surface area contributed by atoms with Crippen LogP contribution in [-0.2, 0) is 17.1 Å². The maximum absolute atomic E-state index is 12.4. The second-order valence-electron chi connectivity index (χ2n) is 7.72. The van der Waals surface area contributed by atoms with Gasteiger partial charge in [0.2, 0.25) is 10.0 Å². The Bertz CT molecular complexity index is 941. The van der Waals surface area contributed by atoms with Crippen LogP contribution in [0.25, 0.3) is 10.9 Å². The van der Waals surface area contributed by atoms with Gasteiger partial charge in [0.25, 0.3) is 5.91 Å². The first-order valence-corrected chi connectivity index (χ1v) is 10.5. The molecule has 2 saturated carbocycles. The lowest BCUT2D eigenvalue weighted by Gasteiger charge is -2.09. The molecule has 2 fully saturated rings. The van der Waals surface area contributed by atoms with Gasteiger partial charge in [-0.05, 0) is 55.2 Å². The molecule has 2 unspecified atom stereocenters. The highest BCUT2D eigenvalue weighted by Crippen LogP contribution is 2.41. The summed E-state index contributed by atoms with van der Waals surface area (Å²) in [6.45, 7) is 2.30. The Balaban J connectivity index is 1.64. The summed E-state index contributed by atoms with van der Waals surface area (Å²) in [6.07, 6.45) is 7.13. The zero-order valence-corrected chi connectivity index (χ0v) is 15.5. The van der Waals surface area contributed by atoms with Crippen molar-refractivity contribution in [1.82, 2.24) is 9.29 Å². The lowest BCUT2D eigenvalue weighted by molar-refractivity contribution is 0.0981. The Kier molecular flexibility index (Phi) is 3.90. The van der Waals surface area contributed by atoms with Crippen LogP contribution in [0.4, 0.5) is 0 Å². The Morgan fingerprint density at radius 2 is 1.96 bits per heavy atom. The number of hydrogen-bond donors (Lipinski definition) is 1. The minimum Gasteiger partial charge on any atom is -0.350 e. The molecular weight excluding hydrogens is 336 g/mol. The first kappa shape index (κ1) is 16.6. The smallest absolute Gasteiger partial charge is 0.264 e. The maximum Gasteiger partial charge on any atom is 0.264 e. The number of amides is 1. The van der Waals surface area contributed by atoms with Crippen LogP contribution in [0.5, 0.6) is 0 Å². The third kappa shape index (κ3) is 3.08. The van der Waals surface area contributed by atoms with E-state index in [0.717, 1.165) is 11.4 Å². The number of aryl methyl sites for hydroxylation is 1. The van der Waals surface area contributed by atoms with Gasteiger partial charge >= 0.3 is 0 Å². The molecule has 1 aromatic carbocycles. The third-order valence-electron chi connectivity index (χ3n) is 5.62. The molecule has 0 spiro atoms. The van der Waals surface area contributed by atoms with Crippen molar-refractivity contribution in [3.8, 4) is 0 Å². The van der Waals surface area contributed by atoms with E-state index in [4.69, 9.17) is 0 Å². The topological polar surface area (TPSA) is 68.2 Å². The molecule has 0 saturated heterocycles. The van der Waals surface area contributed by atoms with Gasteiger partial charge in [0.15, 0.2) is 0 Å². The fourth-order valence-electron chi connectivity index (χ4n) is 4.02. The van der Waals surface area contributed by atoms with Crippen LogP contribution in [-0.4, -0.2) is 24.1 Å². The molecule has 1 amide bonds. The maximum atomic E-state index is 12.4. The van der Waals surface area contributed by atoms with E-state index >= 15 is 0 Å². The molecule has 0 radical (unpaired) electrons. The normalized spacial score (nSPS) is 23.9. The van der Waals surface area contributed by atoms with Gasteiger partial charge in [0.05, 0.1) is 5.25 Å². The van der Waals surface area contributed by atoms with Crippen molar-refractivity contribution in [2.75, 3.05) is 0 Å². The summed E-state index contributed by atoms with van der Waals surface area (Å²) in [4.78, 5) is 12.4. The molecule has 0 aliphatic heterocycles. The summed E-state index contributed by atoms with van der Waals surface area (Å²) in [6, 6.07) is 5.50. The zero-order valence-electron chi connectivity index (χ0n) is 14.7. The first-order chi connectivity index (χ1) is 11.8. The largest absolute Gasteiger partial charge is 0.350 e. The number of hydrogen-bond acceptors (Lipinski definition) is 3. The standard InChI is InChI=1S/C19H24N2O3S/c1-12-3-4-13(9-12)17-11-21(2)18-10-14(5-8-16(17)18)19(22)20-25(23,24)15-6-7-15/h5,8,10-13,15H,3-4,6-7,9H2,1-2H3,(H,20,22). The predicted molar refractivity (Wildman–Crippen MR) is 98.1 cm³/mol. The number of fused-ring (bicyclic) bond motifs is 1. The molecule has 2 aliphatic rings. The van der Waals surface area contributed by atoms with Gasteiger partial charge in [0, 0.05) is 29.7 Å². The number of carbonyl (C=O) groups is 1. The van der Waals surface area contributed by atoms with E-state index in [1.165, 1.54) is 30.2 Å². The lowest BCUT2D eigenvalue weighted by Crippen LogP contribution is -2.33. The summed E-state index contributed by atoms with van der Waals surface area (Å²) in [5.41, 5.74) is 2.72. The van der Waals surface area contributed by atoms with Crippen molar-refractivity contribution >= 4 is 26.8 Å². The number of aromatic nitrogens is 1. The van der Waals surface area contributed by atoms with Crippen molar-refractivity contribution in [2.45, 2.75) is 50.2 Å². The van der Waals surface area contributed by atoms with E-state index in [9.17, 15) is 13.2 Å². The number of carbonyl (C=O) groups excluding carboxylic acids is 1. The summed E-state index contributed by atoms with van der Waals surface area (Å²) < 4.78 is 28.2. The SMILES string of the molecule is CC1CCC(c2cn(C)c3cc(C(=O)NS(=O)(=O)C4CC4)ccc23)C1. The highest BCUT2D eigenvalue weighted by atomic mass is 32.2. The second-order valence-corrected chi connectivity index (χ2v) is 9.68. The molecule has 5 nitrogen and oxygen atoms in total. The van der Waals surface area contributed by atoms with E-state index in [2.05, 4.69) is 17.8 Å². The lowest BCUT2D eigenvalue weighted by atomic mass is 9.96. The fraction of sp³-hybridized carbons (Fsp3) is 0.526. The minimum absolute atomic E-state index is 0.393. The molecule has 4 rings (SSSR count). The molecule has 1 heterocycles. The number of rotatable bonds is 4. The number of benzene rings is 1. The average Bonchev–Trinajstić information content (AvgIpc) is 3.27. The molecule has 1 N–H and O–H groups in total. The van der Waals surface area contributed by atoms with Crippen molar-refractivity contribution in [3.05, 3.63) is 35.5 Å². The van der Waals surface area contributed by atoms with E-state index in [0.29, 0.717) is 24.3 Å². The van der Waals surface area contributed by atoms with Crippen LogP contribution < -0.4 is 4.72 Å². The summed E-state index contributed by atoms with van der Waals surface area (Å²) in [5.74, 6) is 0.803. The molecule has 2 aromatic rings. The van der Waals surface area contributed by atoms with Crippen LogP contribution in [0.15, 0.2) is 24.4 Å². The number of sulfonamides is 1. The van der Waals surface area contributed by atoms with Gasteiger partial charge in [-0.3, -0.25) is 4.79 Å². The molecule has 25 heavy (non-hydrogen) atoms. The highest BCUT2D eigenvalue weighted by Gasteiger charge is 2.37. The van der Waals surface area contributed by atoms with Gasteiger partial charge in [0.1, 0.15) is 0 Å². The molecule has 134 valence electrons. The summed E-state index contributed by atoms with van der Waals surface area (Å²) in [7, 11) is -1.54. The van der Waals surface area contributed by atoms with Gasteiger partial charge in [-0.2, -0.15) is 0 Å². The van der Waals surface area contributed by atoms with E-state index in [1.807, 2.05) is 17.7 Å². The quantitative estimate of drug-likeness (QED) is 0.909. The summed E-state index contributed by atoms with van der Waals surface area (Å²) in [5, 5.41) is 0.773. The van der Waals surface area contributed by atoms with Gasteiger partial charge in [-0.1, -0.05) is 19.4 Å². The first-order valence-electron chi connectivity index (χ1n) is 9.00. The van der Waals surface area contributed by atoms with Crippen LogP contribution in [0.2, 0.25) is 0 Å². The molecule has 1 aromatic heterocycles. The second kappa shape index (κ2) is 5.87. The highest BCUT2D eigenvalue weighted by molar-refractivity contribution is 7.91. The van der Waals surface area contributed by atoms with Crippen molar-refractivity contribution in [3.63, 3.8) is 0 Å². The molecule has 0 bridgehead atoms. The van der Waals surface area contributed by atoms with Gasteiger partial charge < -0.3 is 4.57 Å². The third-order valence-corrected chi connectivity index (χ3v) is 7.44. The van der Waals surface area contributed by atoms with Crippen LogP contribution in [0.1, 0.15) is 60.9 Å².